The average Bonchev–Trinajstić information content (AvgIpc) is 3.26. The molecule has 1 aromatic heterocycles. The van der Waals surface area contributed by atoms with E-state index in [-0.39, 0.29) is 17.8 Å². The van der Waals surface area contributed by atoms with Crippen LogP contribution in [0.2, 0.25) is 0 Å². The van der Waals surface area contributed by atoms with E-state index in [1.807, 2.05) is 0 Å². The van der Waals surface area contributed by atoms with Gasteiger partial charge in [-0.2, -0.15) is 0 Å². The summed E-state index contributed by atoms with van der Waals surface area (Å²) in [6, 6.07) is 3.39. The first-order valence-corrected chi connectivity index (χ1v) is 11.2. The zero-order chi connectivity index (χ0) is 20.0. The largest absolute Gasteiger partial charge is 0.465 e. The Labute approximate surface area is 169 Å². The van der Waals surface area contributed by atoms with E-state index in [1.54, 1.807) is 17.0 Å². The fraction of sp³-hybridized carbons (Fsp3) is 0.739. The van der Waals surface area contributed by atoms with E-state index < -0.39 is 0 Å². The molecule has 1 saturated heterocycles. The quantitative estimate of drug-likeness (QED) is 0.324. The number of carbonyl (C=O) groups is 2. The van der Waals surface area contributed by atoms with Gasteiger partial charge in [-0.05, 0) is 31.4 Å². The van der Waals surface area contributed by atoms with E-state index in [9.17, 15) is 9.59 Å². The van der Waals surface area contributed by atoms with E-state index in [0.717, 1.165) is 12.8 Å². The summed E-state index contributed by atoms with van der Waals surface area (Å²) in [7, 11) is 0. The second-order valence-corrected chi connectivity index (χ2v) is 7.89. The van der Waals surface area contributed by atoms with Gasteiger partial charge in [0, 0.05) is 13.1 Å². The molecule has 0 radical (unpaired) electrons. The number of hydrogen-bond acceptors (Lipinski definition) is 4. The van der Waals surface area contributed by atoms with E-state index in [1.165, 1.54) is 57.6 Å². The molecule has 5 nitrogen and oxygen atoms in total. The molecule has 0 aromatic carbocycles. The number of likely N-dealkylation sites (tertiary alicyclic amines) is 1. The second kappa shape index (κ2) is 13.4. The summed E-state index contributed by atoms with van der Waals surface area (Å²) < 4.78 is 10.6. The molecule has 0 saturated carbocycles. The molecule has 1 fully saturated rings. The third kappa shape index (κ3) is 8.07. The van der Waals surface area contributed by atoms with Gasteiger partial charge in [0.25, 0.3) is 5.91 Å². The fourth-order valence-corrected chi connectivity index (χ4v) is 3.75. The SMILES string of the molecule is CCCCCCCCCCCCOC(=O)C1CCN(C(=O)c2ccco2)CC1. The molecule has 1 aliphatic rings. The van der Waals surface area contributed by atoms with Crippen molar-refractivity contribution in [1.29, 1.82) is 0 Å². The van der Waals surface area contributed by atoms with E-state index in [0.29, 0.717) is 38.3 Å². The molecule has 0 N–H and O–H groups in total. The van der Waals surface area contributed by atoms with Crippen molar-refractivity contribution >= 4 is 11.9 Å². The topological polar surface area (TPSA) is 59.8 Å². The maximum absolute atomic E-state index is 12.2. The van der Waals surface area contributed by atoms with Gasteiger partial charge in [0.2, 0.25) is 0 Å². The number of unbranched alkanes of at least 4 members (excludes halogenated alkanes) is 9. The molecular weight excluding hydrogens is 354 g/mol. The van der Waals surface area contributed by atoms with Gasteiger partial charge in [-0.1, -0.05) is 64.7 Å². The lowest BCUT2D eigenvalue weighted by Gasteiger charge is -2.30. The van der Waals surface area contributed by atoms with E-state index in [2.05, 4.69) is 6.92 Å². The summed E-state index contributed by atoms with van der Waals surface area (Å²) in [6.45, 7) is 3.94. The summed E-state index contributed by atoms with van der Waals surface area (Å²) in [5, 5.41) is 0. The van der Waals surface area contributed by atoms with Crippen LogP contribution >= 0.6 is 0 Å². The first-order chi connectivity index (χ1) is 13.7. The van der Waals surface area contributed by atoms with Crippen molar-refractivity contribution in [2.75, 3.05) is 19.7 Å². The molecule has 1 aromatic rings. The molecule has 0 unspecified atom stereocenters. The molecule has 1 aliphatic heterocycles. The zero-order valence-corrected chi connectivity index (χ0v) is 17.5. The van der Waals surface area contributed by atoms with Gasteiger partial charge in [-0.3, -0.25) is 9.59 Å². The van der Waals surface area contributed by atoms with Crippen molar-refractivity contribution in [1.82, 2.24) is 4.90 Å². The summed E-state index contributed by atoms with van der Waals surface area (Å²) in [5.74, 6) is 0.0916. The number of rotatable bonds is 13. The molecule has 0 spiro atoms. The van der Waals surface area contributed by atoms with Crippen molar-refractivity contribution in [2.45, 2.75) is 84.0 Å². The van der Waals surface area contributed by atoms with Crippen LogP contribution in [-0.4, -0.2) is 36.5 Å². The van der Waals surface area contributed by atoms with Crippen molar-refractivity contribution in [3.63, 3.8) is 0 Å². The lowest BCUT2D eigenvalue weighted by Crippen LogP contribution is -2.40. The number of nitrogens with zero attached hydrogens (tertiary/aromatic N) is 1. The Morgan fingerprint density at radius 3 is 2.18 bits per heavy atom. The van der Waals surface area contributed by atoms with Gasteiger partial charge in [-0.15, -0.1) is 0 Å². The molecule has 2 rings (SSSR count). The number of furan rings is 1. The number of carbonyl (C=O) groups excluding carboxylic acids is 2. The standard InChI is InChI=1S/C23H37NO4/c1-2-3-4-5-6-7-8-9-10-11-18-28-23(26)20-14-16-24(17-15-20)22(25)21-13-12-19-27-21/h12-13,19-20H,2-11,14-18H2,1H3. The van der Waals surface area contributed by atoms with Crippen molar-refractivity contribution in [2.24, 2.45) is 5.92 Å². The Hall–Kier alpha value is -1.78. The third-order valence-corrected chi connectivity index (χ3v) is 5.59. The van der Waals surface area contributed by atoms with Crippen LogP contribution < -0.4 is 0 Å². The van der Waals surface area contributed by atoms with Crippen molar-refractivity contribution < 1.29 is 18.7 Å². The Balaban J connectivity index is 1.46. The number of amides is 1. The van der Waals surface area contributed by atoms with Gasteiger partial charge in [0.15, 0.2) is 5.76 Å². The Bertz CT molecular complexity index is 547. The van der Waals surface area contributed by atoms with E-state index >= 15 is 0 Å². The Kier molecular flexibility index (Phi) is 10.8. The molecule has 0 atom stereocenters. The van der Waals surface area contributed by atoms with Gasteiger partial charge >= 0.3 is 5.97 Å². The minimum absolute atomic E-state index is 0.0798. The third-order valence-electron chi connectivity index (χ3n) is 5.59. The van der Waals surface area contributed by atoms with Gasteiger partial charge in [0.1, 0.15) is 0 Å². The fourth-order valence-electron chi connectivity index (χ4n) is 3.75. The minimum Gasteiger partial charge on any atom is -0.465 e. The van der Waals surface area contributed by atoms with Crippen LogP contribution in [0.25, 0.3) is 0 Å². The smallest absolute Gasteiger partial charge is 0.309 e. The van der Waals surface area contributed by atoms with Gasteiger partial charge in [-0.25, -0.2) is 0 Å². The molecule has 28 heavy (non-hydrogen) atoms. The van der Waals surface area contributed by atoms with Crippen molar-refractivity contribution in [3.05, 3.63) is 24.2 Å². The molecule has 1 amide bonds. The zero-order valence-electron chi connectivity index (χ0n) is 17.5. The van der Waals surface area contributed by atoms with Crippen LogP contribution in [0.1, 0.15) is 94.5 Å². The van der Waals surface area contributed by atoms with Gasteiger partial charge in [0.05, 0.1) is 18.8 Å². The highest BCUT2D eigenvalue weighted by Crippen LogP contribution is 2.21. The average molecular weight is 392 g/mol. The Morgan fingerprint density at radius 1 is 1.00 bits per heavy atom. The highest BCUT2D eigenvalue weighted by Gasteiger charge is 2.29. The molecule has 0 bridgehead atoms. The number of esters is 1. The van der Waals surface area contributed by atoms with E-state index in [4.69, 9.17) is 9.15 Å². The highest BCUT2D eigenvalue weighted by molar-refractivity contribution is 5.91. The molecular formula is C23H37NO4. The molecule has 5 heteroatoms. The monoisotopic (exact) mass is 391 g/mol. The first kappa shape index (κ1) is 22.5. The lowest BCUT2D eigenvalue weighted by molar-refractivity contribution is -0.150. The van der Waals surface area contributed by atoms with Crippen LogP contribution in [0.5, 0.6) is 0 Å². The molecule has 158 valence electrons. The second-order valence-electron chi connectivity index (χ2n) is 7.89. The number of piperidine rings is 1. The van der Waals surface area contributed by atoms with Crippen LogP contribution in [0.3, 0.4) is 0 Å². The highest BCUT2D eigenvalue weighted by atomic mass is 16.5. The summed E-state index contributed by atoms with van der Waals surface area (Å²) >= 11 is 0. The first-order valence-electron chi connectivity index (χ1n) is 11.2. The molecule has 2 heterocycles. The maximum atomic E-state index is 12.2. The summed E-state index contributed by atoms with van der Waals surface area (Å²) in [5.41, 5.74) is 0. The van der Waals surface area contributed by atoms with Crippen molar-refractivity contribution in [3.8, 4) is 0 Å². The van der Waals surface area contributed by atoms with Gasteiger partial charge < -0.3 is 14.1 Å². The van der Waals surface area contributed by atoms with Crippen LogP contribution in [0, 0.1) is 5.92 Å². The summed E-state index contributed by atoms with van der Waals surface area (Å²) in [6.07, 6.45) is 15.6. The summed E-state index contributed by atoms with van der Waals surface area (Å²) in [4.78, 5) is 26.2. The minimum atomic E-state index is -0.0963. The van der Waals surface area contributed by atoms with Crippen LogP contribution in [-0.2, 0) is 9.53 Å². The number of hydrogen-bond donors (Lipinski definition) is 0. The predicted octanol–water partition coefficient (Wildman–Crippen LogP) is 5.60. The molecule has 0 aliphatic carbocycles. The van der Waals surface area contributed by atoms with Crippen LogP contribution in [0.15, 0.2) is 22.8 Å². The van der Waals surface area contributed by atoms with Crippen LogP contribution in [0.4, 0.5) is 0 Å². The number of ether oxygens (including phenoxy) is 1. The Morgan fingerprint density at radius 2 is 1.61 bits per heavy atom. The lowest BCUT2D eigenvalue weighted by atomic mass is 9.97. The normalized spacial score (nSPS) is 15.0. The predicted molar refractivity (Wildman–Crippen MR) is 110 cm³/mol. The maximum Gasteiger partial charge on any atom is 0.309 e.